The van der Waals surface area contributed by atoms with Gasteiger partial charge in [-0.1, -0.05) is 12.1 Å². The van der Waals surface area contributed by atoms with Crippen LogP contribution in [0.25, 0.3) is 0 Å². The summed E-state index contributed by atoms with van der Waals surface area (Å²) in [6, 6.07) is 5.83. The normalized spacial score (nSPS) is 11.3. The first-order valence-corrected chi connectivity index (χ1v) is 6.58. The monoisotopic (exact) mass is 267 g/mol. The van der Waals surface area contributed by atoms with Gasteiger partial charge in [-0.2, -0.15) is 0 Å². The summed E-state index contributed by atoms with van der Waals surface area (Å²) in [5, 5.41) is 0. The number of Topliss-reactive ketones (excluding diaryl/α,β-unsaturated/α-hetero) is 1. The van der Waals surface area contributed by atoms with Gasteiger partial charge in [0, 0.05) is 25.1 Å². The number of benzene rings is 1. The number of ketones is 1. The number of hydrogen-bond acceptors (Lipinski definition) is 3. The van der Waals surface area contributed by atoms with E-state index in [0.717, 1.165) is 6.54 Å². The molecule has 0 aliphatic heterocycles. The predicted molar refractivity (Wildman–Crippen MR) is 73.9 cm³/mol. The third-order valence-corrected chi connectivity index (χ3v) is 2.79. The van der Waals surface area contributed by atoms with Crippen LogP contribution in [0, 0.1) is 5.82 Å². The zero-order chi connectivity index (χ0) is 14.3. The van der Waals surface area contributed by atoms with Crippen molar-refractivity contribution in [2.75, 3.05) is 26.7 Å². The van der Waals surface area contributed by atoms with Crippen LogP contribution in [0.1, 0.15) is 30.6 Å². The van der Waals surface area contributed by atoms with E-state index in [1.165, 1.54) is 12.1 Å². The molecule has 0 fully saturated rings. The molecule has 0 aliphatic carbocycles. The highest BCUT2D eigenvalue weighted by Crippen LogP contribution is 2.07. The minimum absolute atomic E-state index is 0.0314. The molecule has 0 bridgehead atoms. The summed E-state index contributed by atoms with van der Waals surface area (Å²) in [7, 11) is 1.95. The molecule has 0 radical (unpaired) electrons. The van der Waals surface area contributed by atoms with Crippen molar-refractivity contribution in [1.29, 1.82) is 0 Å². The number of carbonyl (C=O) groups is 1. The van der Waals surface area contributed by atoms with Gasteiger partial charge in [0.2, 0.25) is 0 Å². The Morgan fingerprint density at radius 3 is 2.74 bits per heavy atom. The number of ether oxygens (including phenoxy) is 1. The van der Waals surface area contributed by atoms with E-state index in [1.54, 1.807) is 12.1 Å². The van der Waals surface area contributed by atoms with Crippen molar-refractivity contribution in [1.82, 2.24) is 4.90 Å². The number of carbonyl (C=O) groups excluding carboxylic acids is 1. The number of halogens is 1. The number of nitrogens with zero attached hydrogens (tertiary/aromatic N) is 1. The molecule has 0 N–H and O–H groups in total. The molecule has 3 nitrogen and oxygen atoms in total. The maximum Gasteiger partial charge on any atom is 0.164 e. The Labute approximate surface area is 114 Å². The summed E-state index contributed by atoms with van der Waals surface area (Å²) >= 11 is 0. The van der Waals surface area contributed by atoms with Gasteiger partial charge in [-0.15, -0.1) is 0 Å². The highest BCUT2D eigenvalue weighted by molar-refractivity contribution is 5.96. The molecule has 0 atom stereocenters. The third-order valence-electron chi connectivity index (χ3n) is 2.79. The van der Waals surface area contributed by atoms with Crippen LogP contribution < -0.4 is 0 Å². The summed E-state index contributed by atoms with van der Waals surface area (Å²) in [4.78, 5) is 13.9. The van der Waals surface area contributed by atoms with Crippen molar-refractivity contribution in [3.05, 3.63) is 35.6 Å². The third kappa shape index (κ3) is 6.45. The Morgan fingerprint density at radius 1 is 1.37 bits per heavy atom. The van der Waals surface area contributed by atoms with Gasteiger partial charge in [-0.05, 0) is 33.0 Å². The van der Waals surface area contributed by atoms with E-state index < -0.39 is 0 Å². The molecule has 0 unspecified atom stereocenters. The molecule has 0 saturated heterocycles. The van der Waals surface area contributed by atoms with Crippen molar-refractivity contribution < 1.29 is 13.9 Å². The first-order valence-electron chi connectivity index (χ1n) is 6.58. The lowest BCUT2D eigenvalue weighted by molar-refractivity contribution is 0.0629. The molecule has 19 heavy (non-hydrogen) atoms. The molecule has 0 aliphatic rings. The smallest absolute Gasteiger partial charge is 0.164 e. The lowest BCUT2D eigenvalue weighted by Gasteiger charge is -2.17. The molecule has 4 heteroatoms. The molecule has 0 aromatic heterocycles. The van der Waals surface area contributed by atoms with Crippen LogP contribution in [0.4, 0.5) is 4.39 Å². The lowest BCUT2D eigenvalue weighted by atomic mass is 10.1. The van der Waals surface area contributed by atoms with Gasteiger partial charge in [0.15, 0.2) is 5.78 Å². The van der Waals surface area contributed by atoms with Crippen molar-refractivity contribution in [2.45, 2.75) is 26.4 Å². The van der Waals surface area contributed by atoms with Crippen LogP contribution in [-0.4, -0.2) is 43.5 Å². The van der Waals surface area contributed by atoms with E-state index in [-0.39, 0.29) is 17.7 Å². The molecule has 1 rings (SSSR count). The van der Waals surface area contributed by atoms with Gasteiger partial charge in [0.1, 0.15) is 5.82 Å². The fourth-order valence-corrected chi connectivity index (χ4v) is 1.65. The molecule has 0 heterocycles. The quantitative estimate of drug-likeness (QED) is 0.678. The topological polar surface area (TPSA) is 29.5 Å². The number of hydrogen-bond donors (Lipinski definition) is 0. The fourth-order valence-electron chi connectivity index (χ4n) is 1.65. The second-order valence-electron chi connectivity index (χ2n) is 4.91. The van der Waals surface area contributed by atoms with Crippen molar-refractivity contribution >= 4 is 5.78 Å². The second kappa shape index (κ2) is 8.02. The first-order chi connectivity index (χ1) is 8.99. The Balaban J connectivity index is 2.30. The van der Waals surface area contributed by atoms with Gasteiger partial charge in [0.05, 0.1) is 12.7 Å². The predicted octanol–water partition coefficient (Wildman–Crippen LogP) is 2.76. The molecule has 0 spiro atoms. The first kappa shape index (κ1) is 15.8. The standard InChI is InChI=1S/C15H22FNO2/c1-12(2)19-10-9-17(3)8-7-15(18)13-5-4-6-14(16)11-13/h4-6,11-12H,7-10H2,1-3H3. The van der Waals surface area contributed by atoms with E-state index >= 15 is 0 Å². The Bertz CT molecular complexity index is 407. The van der Waals surface area contributed by atoms with Crippen LogP contribution in [0.3, 0.4) is 0 Å². The second-order valence-corrected chi connectivity index (χ2v) is 4.91. The van der Waals surface area contributed by atoms with Gasteiger partial charge < -0.3 is 9.64 Å². The molecule has 0 saturated carbocycles. The maximum atomic E-state index is 13.0. The Morgan fingerprint density at radius 2 is 2.11 bits per heavy atom. The highest BCUT2D eigenvalue weighted by atomic mass is 19.1. The summed E-state index contributed by atoms with van der Waals surface area (Å²) in [5.74, 6) is -0.402. The van der Waals surface area contributed by atoms with E-state index in [1.807, 2.05) is 25.8 Å². The van der Waals surface area contributed by atoms with E-state index in [2.05, 4.69) is 0 Å². The Hall–Kier alpha value is -1.26. The van der Waals surface area contributed by atoms with E-state index in [4.69, 9.17) is 4.74 Å². The van der Waals surface area contributed by atoms with Gasteiger partial charge in [-0.25, -0.2) is 4.39 Å². The average molecular weight is 267 g/mol. The van der Waals surface area contributed by atoms with Crippen LogP contribution in [0.5, 0.6) is 0 Å². The van der Waals surface area contributed by atoms with Crippen molar-refractivity contribution in [2.24, 2.45) is 0 Å². The molecular formula is C15H22FNO2. The molecular weight excluding hydrogens is 245 g/mol. The van der Waals surface area contributed by atoms with Crippen molar-refractivity contribution in [3.8, 4) is 0 Å². The van der Waals surface area contributed by atoms with Gasteiger partial charge in [0.25, 0.3) is 0 Å². The highest BCUT2D eigenvalue weighted by Gasteiger charge is 2.08. The molecule has 0 amide bonds. The van der Waals surface area contributed by atoms with E-state index in [9.17, 15) is 9.18 Å². The summed E-state index contributed by atoms with van der Waals surface area (Å²) in [5.41, 5.74) is 0.437. The van der Waals surface area contributed by atoms with Crippen LogP contribution >= 0.6 is 0 Å². The number of rotatable bonds is 8. The average Bonchev–Trinajstić information content (AvgIpc) is 2.35. The van der Waals surface area contributed by atoms with Crippen LogP contribution in [0.15, 0.2) is 24.3 Å². The van der Waals surface area contributed by atoms with Crippen molar-refractivity contribution in [3.63, 3.8) is 0 Å². The largest absolute Gasteiger partial charge is 0.377 e. The fraction of sp³-hybridized carbons (Fsp3) is 0.533. The zero-order valence-electron chi connectivity index (χ0n) is 11.9. The van der Waals surface area contributed by atoms with Crippen LogP contribution in [-0.2, 0) is 4.74 Å². The number of likely N-dealkylation sites (N-methyl/N-ethyl adjacent to an activating group) is 1. The zero-order valence-corrected chi connectivity index (χ0v) is 11.9. The lowest BCUT2D eigenvalue weighted by Crippen LogP contribution is -2.26. The maximum absolute atomic E-state index is 13.0. The summed E-state index contributed by atoms with van der Waals surface area (Å²) in [6.45, 7) is 6.08. The summed E-state index contributed by atoms with van der Waals surface area (Å²) < 4.78 is 18.4. The molecule has 1 aromatic carbocycles. The van der Waals surface area contributed by atoms with Gasteiger partial charge in [-0.3, -0.25) is 4.79 Å². The SMILES string of the molecule is CC(C)OCCN(C)CCC(=O)c1cccc(F)c1. The Kier molecular flexibility index (Phi) is 6.67. The summed E-state index contributed by atoms with van der Waals surface area (Å²) in [6.07, 6.45) is 0.615. The minimum atomic E-state index is -0.371. The van der Waals surface area contributed by atoms with Gasteiger partial charge >= 0.3 is 0 Å². The molecule has 106 valence electrons. The van der Waals surface area contributed by atoms with Crippen LogP contribution in [0.2, 0.25) is 0 Å². The van der Waals surface area contributed by atoms with E-state index in [0.29, 0.717) is 25.1 Å². The molecule has 1 aromatic rings. The minimum Gasteiger partial charge on any atom is -0.377 e.